The Bertz CT molecular complexity index is 865. The van der Waals surface area contributed by atoms with Crippen LogP contribution in [0.2, 0.25) is 0 Å². The fourth-order valence-electron chi connectivity index (χ4n) is 2.26. The molecule has 0 N–H and O–H groups in total. The third-order valence-corrected chi connectivity index (χ3v) is 4.33. The normalized spacial score (nSPS) is 10.8. The highest BCUT2D eigenvalue weighted by molar-refractivity contribution is 7.08. The van der Waals surface area contributed by atoms with Gasteiger partial charge in [0.15, 0.2) is 0 Å². The summed E-state index contributed by atoms with van der Waals surface area (Å²) >= 11 is 1.53. The van der Waals surface area contributed by atoms with Gasteiger partial charge in [-0.3, -0.25) is 4.79 Å². The van der Waals surface area contributed by atoms with Gasteiger partial charge in [0.05, 0.1) is 0 Å². The lowest BCUT2D eigenvalue weighted by molar-refractivity contribution is -0.130. The summed E-state index contributed by atoms with van der Waals surface area (Å²) in [6.07, 6.45) is 0.455. The average Bonchev–Trinajstić information content (AvgIpc) is 3.26. The van der Waals surface area contributed by atoms with Gasteiger partial charge in [0.2, 0.25) is 17.6 Å². The standard InChI is InChI=1S/C17H15F2N3O2S/c1-22(9-11-2-3-13(18)8-14(11)19)16(23)5-4-15-20-17(21-24-15)12-6-7-25-10-12/h2-3,6-8,10H,4-5,9H2,1H3. The molecule has 0 fully saturated rings. The number of hydrogen-bond donors (Lipinski definition) is 0. The second-order valence-corrected chi connectivity index (χ2v) is 6.29. The van der Waals surface area contributed by atoms with Crippen LogP contribution < -0.4 is 0 Å². The number of amides is 1. The maximum Gasteiger partial charge on any atom is 0.227 e. The Morgan fingerprint density at radius 3 is 2.88 bits per heavy atom. The molecule has 0 spiro atoms. The highest BCUT2D eigenvalue weighted by Gasteiger charge is 2.15. The predicted molar refractivity (Wildman–Crippen MR) is 88.8 cm³/mol. The van der Waals surface area contributed by atoms with Crippen LogP contribution >= 0.6 is 11.3 Å². The number of benzene rings is 1. The van der Waals surface area contributed by atoms with Gasteiger partial charge >= 0.3 is 0 Å². The molecule has 25 heavy (non-hydrogen) atoms. The van der Waals surface area contributed by atoms with E-state index in [1.54, 1.807) is 7.05 Å². The van der Waals surface area contributed by atoms with Crippen molar-refractivity contribution in [1.29, 1.82) is 0 Å². The molecular weight excluding hydrogens is 348 g/mol. The van der Waals surface area contributed by atoms with Crippen molar-refractivity contribution < 1.29 is 18.1 Å². The Kier molecular flexibility index (Phi) is 5.18. The molecule has 130 valence electrons. The van der Waals surface area contributed by atoms with Gasteiger partial charge in [0.25, 0.3) is 0 Å². The molecule has 2 aromatic heterocycles. The van der Waals surface area contributed by atoms with Crippen LogP contribution in [0.3, 0.4) is 0 Å². The minimum Gasteiger partial charge on any atom is -0.341 e. The summed E-state index contributed by atoms with van der Waals surface area (Å²) in [7, 11) is 1.57. The number of aromatic nitrogens is 2. The van der Waals surface area contributed by atoms with Crippen molar-refractivity contribution in [3.8, 4) is 11.4 Å². The van der Waals surface area contributed by atoms with Crippen LogP contribution in [0.25, 0.3) is 11.4 Å². The quantitative estimate of drug-likeness (QED) is 0.670. The third-order valence-electron chi connectivity index (χ3n) is 3.65. The summed E-state index contributed by atoms with van der Waals surface area (Å²) in [5, 5.41) is 7.70. The van der Waals surface area contributed by atoms with Crippen LogP contribution in [-0.4, -0.2) is 28.0 Å². The number of aryl methyl sites for hydroxylation is 1. The van der Waals surface area contributed by atoms with Crippen molar-refractivity contribution >= 4 is 17.2 Å². The van der Waals surface area contributed by atoms with E-state index in [1.807, 2.05) is 16.8 Å². The molecule has 5 nitrogen and oxygen atoms in total. The fraction of sp³-hybridized carbons (Fsp3) is 0.235. The Morgan fingerprint density at radius 1 is 1.32 bits per heavy atom. The van der Waals surface area contributed by atoms with E-state index in [4.69, 9.17) is 4.52 Å². The lowest BCUT2D eigenvalue weighted by Gasteiger charge is -2.17. The number of rotatable bonds is 6. The SMILES string of the molecule is CN(Cc1ccc(F)cc1F)C(=O)CCc1nc(-c2ccsc2)no1. The Balaban J connectivity index is 1.55. The number of thiophene rings is 1. The number of hydrogen-bond acceptors (Lipinski definition) is 5. The second kappa shape index (κ2) is 7.52. The van der Waals surface area contributed by atoms with Crippen LogP contribution in [0.4, 0.5) is 8.78 Å². The van der Waals surface area contributed by atoms with Gasteiger partial charge in [-0.1, -0.05) is 11.2 Å². The number of nitrogens with zero attached hydrogens (tertiary/aromatic N) is 3. The van der Waals surface area contributed by atoms with Crippen LogP contribution in [0.1, 0.15) is 17.9 Å². The van der Waals surface area contributed by atoms with Gasteiger partial charge in [0, 0.05) is 49.0 Å². The average molecular weight is 363 g/mol. The highest BCUT2D eigenvalue weighted by Crippen LogP contribution is 2.19. The molecule has 0 aliphatic heterocycles. The molecule has 0 unspecified atom stereocenters. The van der Waals surface area contributed by atoms with Crippen LogP contribution in [-0.2, 0) is 17.8 Å². The van der Waals surface area contributed by atoms with E-state index < -0.39 is 11.6 Å². The maximum absolute atomic E-state index is 13.7. The van der Waals surface area contributed by atoms with Gasteiger partial charge in [-0.15, -0.1) is 0 Å². The molecule has 0 aliphatic carbocycles. The van der Waals surface area contributed by atoms with E-state index in [1.165, 1.54) is 28.4 Å². The Labute approximate surface area is 146 Å². The van der Waals surface area contributed by atoms with Gasteiger partial charge < -0.3 is 9.42 Å². The molecule has 0 saturated heterocycles. The third kappa shape index (κ3) is 4.27. The first-order valence-corrected chi connectivity index (χ1v) is 8.50. The van der Waals surface area contributed by atoms with Crippen molar-refractivity contribution in [1.82, 2.24) is 15.0 Å². The van der Waals surface area contributed by atoms with Crippen molar-refractivity contribution in [2.24, 2.45) is 0 Å². The molecule has 8 heteroatoms. The van der Waals surface area contributed by atoms with Crippen molar-refractivity contribution in [2.75, 3.05) is 7.05 Å². The van der Waals surface area contributed by atoms with Crippen LogP contribution in [0.5, 0.6) is 0 Å². The first-order chi connectivity index (χ1) is 12.0. The molecule has 0 atom stereocenters. The van der Waals surface area contributed by atoms with Gasteiger partial charge in [0.1, 0.15) is 11.6 Å². The summed E-state index contributed by atoms with van der Waals surface area (Å²) in [5.41, 5.74) is 1.13. The fourth-order valence-corrected chi connectivity index (χ4v) is 2.90. The summed E-state index contributed by atoms with van der Waals surface area (Å²) in [6.45, 7) is 0.0644. The summed E-state index contributed by atoms with van der Waals surface area (Å²) < 4.78 is 31.7. The molecule has 2 heterocycles. The molecule has 1 amide bonds. The molecule has 0 saturated carbocycles. The van der Waals surface area contributed by atoms with Gasteiger partial charge in [-0.2, -0.15) is 16.3 Å². The van der Waals surface area contributed by atoms with Crippen molar-refractivity contribution in [2.45, 2.75) is 19.4 Å². The lowest BCUT2D eigenvalue weighted by atomic mass is 10.2. The van der Waals surface area contributed by atoms with E-state index in [0.717, 1.165) is 11.6 Å². The van der Waals surface area contributed by atoms with Crippen molar-refractivity contribution in [3.63, 3.8) is 0 Å². The van der Waals surface area contributed by atoms with Crippen molar-refractivity contribution in [3.05, 3.63) is 58.1 Å². The number of carbonyl (C=O) groups excluding carboxylic acids is 1. The molecular formula is C17H15F2N3O2S. The zero-order chi connectivity index (χ0) is 17.8. The van der Waals surface area contributed by atoms with Crippen LogP contribution in [0, 0.1) is 11.6 Å². The first-order valence-electron chi connectivity index (χ1n) is 7.56. The van der Waals surface area contributed by atoms with Crippen LogP contribution in [0.15, 0.2) is 39.5 Å². The predicted octanol–water partition coefficient (Wildman–Crippen LogP) is 3.67. The largest absolute Gasteiger partial charge is 0.341 e. The minimum absolute atomic E-state index is 0.0644. The van der Waals surface area contributed by atoms with E-state index in [-0.39, 0.29) is 24.4 Å². The Hall–Kier alpha value is -2.61. The van der Waals surface area contributed by atoms with Gasteiger partial charge in [-0.25, -0.2) is 8.78 Å². The lowest BCUT2D eigenvalue weighted by Crippen LogP contribution is -2.26. The zero-order valence-corrected chi connectivity index (χ0v) is 14.2. The molecule has 0 bridgehead atoms. The summed E-state index contributed by atoms with van der Waals surface area (Å²) in [5.74, 6) is -0.648. The molecule has 1 aromatic carbocycles. The molecule has 0 aliphatic rings. The smallest absolute Gasteiger partial charge is 0.227 e. The number of carbonyl (C=O) groups is 1. The monoisotopic (exact) mass is 363 g/mol. The highest BCUT2D eigenvalue weighted by atomic mass is 32.1. The molecule has 3 rings (SSSR count). The second-order valence-electron chi connectivity index (χ2n) is 5.51. The number of halogens is 2. The maximum atomic E-state index is 13.7. The zero-order valence-electron chi connectivity index (χ0n) is 13.4. The molecule has 0 radical (unpaired) electrons. The minimum atomic E-state index is -0.669. The molecule has 3 aromatic rings. The summed E-state index contributed by atoms with van der Waals surface area (Å²) in [4.78, 5) is 17.8. The van der Waals surface area contributed by atoms with E-state index >= 15 is 0 Å². The topological polar surface area (TPSA) is 59.2 Å². The van der Waals surface area contributed by atoms with E-state index in [2.05, 4.69) is 10.1 Å². The van der Waals surface area contributed by atoms with E-state index in [0.29, 0.717) is 18.1 Å². The Morgan fingerprint density at radius 2 is 2.16 bits per heavy atom. The van der Waals surface area contributed by atoms with E-state index in [9.17, 15) is 13.6 Å². The first kappa shape index (κ1) is 17.2. The van der Waals surface area contributed by atoms with Gasteiger partial charge in [-0.05, 0) is 17.5 Å². The summed E-state index contributed by atoms with van der Waals surface area (Å²) in [6, 6.07) is 5.19.